The van der Waals surface area contributed by atoms with Gasteiger partial charge in [-0.2, -0.15) is 0 Å². The van der Waals surface area contributed by atoms with E-state index < -0.39 is 0 Å². The number of hydrogen-bond donors (Lipinski definition) is 2. The molecule has 0 saturated heterocycles. The molecular weight excluding hydrogens is 472 g/mol. The lowest BCUT2D eigenvalue weighted by molar-refractivity contribution is -0.112. The quantitative estimate of drug-likeness (QED) is 0.195. The number of hydrogen-bond acceptors (Lipinski definition) is 3. The molecule has 0 saturated carbocycles. The number of carbonyl (C=O) groups is 3. The van der Waals surface area contributed by atoms with E-state index in [1.54, 1.807) is 60.7 Å². The summed E-state index contributed by atoms with van der Waals surface area (Å²) in [5, 5.41) is 5.61. The molecular formula is C33H26N2O3. The highest BCUT2D eigenvalue weighted by Crippen LogP contribution is 2.15. The molecule has 0 spiro atoms. The maximum absolute atomic E-state index is 12.8. The molecule has 0 aliphatic rings. The van der Waals surface area contributed by atoms with Gasteiger partial charge in [0.15, 0.2) is 5.78 Å². The molecule has 4 aromatic rings. The van der Waals surface area contributed by atoms with Crippen molar-refractivity contribution >= 4 is 47.2 Å². The first-order valence-corrected chi connectivity index (χ1v) is 12.1. The minimum atomic E-state index is -0.286. The number of benzene rings is 4. The number of allylic oxidation sites excluding steroid dienone is 1. The Morgan fingerprint density at radius 1 is 0.474 bits per heavy atom. The summed E-state index contributed by atoms with van der Waals surface area (Å²) in [5.41, 5.74) is 4.21. The van der Waals surface area contributed by atoms with E-state index >= 15 is 0 Å². The van der Waals surface area contributed by atoms with Gasteiger partial charge < -0.3 is 10.6 Å². The standard InChI is InChI=1S/C33H26N2O3/c36-31(28-14-8-16-30(24-28)35-33(38)22-19-26-11-5-2-6-12-26)20-17-27-13-7-15-29(23-27)34-32(37)21-18-25-9-3-1-4-10-25/h1-24H,(H,34,37)(H,35,38)/b20-17-,21-18+,22-19-. The number of rotatable bonds is 9. The number of amides is 2. The van der Waals surface area contributed by atoms with Crippen molar-refractivity contribution in [1.29, 1.82) is 0 Å². The highest BCUT2D eigenvalue weighted by Gasteiger charge is 2.05. The minimum absolute atomic E-state index is 0.207. The lowest BCUT2D eigenvalue weighted by Gasteiger charge is -2.05. The van der Waals surface area contributed by atoms with Gasteiger partial charge in [0.25, 0.3) is 0 Å². The molecule has 0 aliphatic heterocycles. The Hall–Kier alpha value is -5.29. The summed E-state index contributed by atoms with van der Waals surface area (Å²) < 4.78 is 0. The first-order valence-electron chi connectivity index (χ1n) is 12.1. The summed E-state index contributed by atoms with van der Waals surface area (Å²) in [5.74, 6) is -0.740. The molecule has 5 heteroatoms. The van der Waals surface area contributed by atoms with Crippen LogP contribution in [0, 0.1) is 0 Å². The topological polar surface area (TPSA) is 75.3 Å². The molecule has 4 aromatic carbocycles. The normalized spacial score (nSPS) is 11.2. The van der Waals surface area contributed by atoms with E-state index in [9.17, 15) is 14.4 Å². The molecule has 0 fully saturated rings. The number of anilines is 2. The van der Waals surface area contributed by atoms with Crippen molar-refractivity contribution in [2.75, 3.05) is 10.6 Å². The van der Waals surface area contributed by atoms with Crippen LogP contribution < -0.4 is 10.6 Å². The predicted octanol–water partition coefficient (Wildman–Crippen LogP) is 6.89. The van der Waals surface area contributed by atoms with Gasteiger partial charge in [-0.15, -0.1) is 0 Å². The maximum Gasteiger partial charge on any atom is 0.248 e. The van der Waals surface area contributed by atoms with E-state index in [-0.39, 0.29) is 17.6 Å². The SMILES string of the molecule is O=C(/C=C\c1ccccc1)Nc1cccc(C(=O)/C=C\c2cccc(NC(=O)/C=C/c3ccccc3)c2)c1. The number of ketones is 1. The van der Waals surface area contributed by atoms with Crippen LogP contribution in [0.4, 0.5) is 11.4 Å². The Balaban J connectivity index is 1.35. The van der Waals surface area contributed by atoms with E-state index in [0.717, 1.165) is 16.7 Å². The molecule has 0 bridgehead atoms. The molecule has 0 aliphatic carbocycles. The second-order valence-electron chi connectivity index (χ2n) is 8.37. The van der Waals surface area contributed by atoms with Crippen LogP contribution in [0.3, 0.4) is 0 Å². The van der Waals surface area contributed by atoms with E-state index in [4.69, 9.17) is 0 Å². The number of nitrogens with one attached hydrogen (secondary N) is 2. The molecule has 0 aromatic heterocycles. The summed E-state index contributed by atoms with van der Waals surface area (Å²) in [6.07, 6.45) is 9.55. The van der Waals surface area contributed by atoms with E-state index in [1.165, 1.54) is 18.2 Å². The zero-order valence-corrected chi connectivity index (χ0v) is 20.6. The maximum atomic E-state index is 12.8. The molecule has 38 heavy (non-hydrogen) atoms. The fraction of sp³-hybridized carbons (Fsp3) is 0. The summed E-state index contributed by atoms with van der Waals surface area (Å²) in [6, 6.07) is 33.1. The third-order valence-corrected chi connectivity index (χ3v) is 5.45. The molecule has 0 unspecified atom stereocenters. The first kappa shape index (κ1) is 25.8. The smallest absolute Gasteiger partial charge is 0.248 e. The largest absolute Gasteiger partial charge is 0.322 e. The molecule has 0 atom stereocenters. The van der Waals surface area contributed by atoms with Crippen molar-refractivity contribution in [3.05, 3.63) is 150 Å². The Morgan fingerprint density at radius 3 is 1.53 bits per heavy atom. The van der Waals surface area contributed by atoms with E-state index in [1.807, 2.05) is 66.7 Å². The Labute approximate surface area is 221 Å². The molecule has 0 radical (unpaired) electrons. The molecule has 5 nitrogen and oxygen atoms in total. The third kappa shape index (κ3) is 8.14. The summed E-state index contributed by atoms with van der Waals surface area (Å²) in [7, 11) is 0. The van der Waals surface area contributed by atoms with Gasteiger partial charge in [-0.25, -0.2) is 0 Å². The van der Waals surface area contributed by atoms with Crippen molar-refractivity contribution in [2.45, 2.75) is 0 Å². The van der Waals surface area contributed by atoms with Gasteiger partial charge in [-0.1, -0.05) is 91.0 Å². The van der Waals surface area contributed by atoms with Crippen LogP contribution in [0.5, 0.6) is 0 Å². The monoisotopic (exact) mass is 498 g/mol. The minimum Gasteiger partial charge on any atom is -0.322 e. The van der Waals surface area contributed by atoms with Crippen LogP contribution in [0.1, 0.15) is 27.0 Å². The lowest BCUT2D eigenvalue weighted by Crippen LogP contribution is -2.08. The first-order chi connectivity index (χ1) is 18.5. The second kappa shape index (κ2) is 13.1. The van der Waals surface area contributed by atoms with Gasteiger partial charge in [-0.05, 0) is 59.2 Å². The molecule has 0 heterocycles. The van der Waals surface area contributed by atoms with Gasteiger partial charge >= 0.3 is 0 Å². The Bertz CT molecular complexity index is 1500. The van der Waals surface area contributed by atoms with Crippen LogP contribution in [0.25, 0.3) is 18.2 Å². The zero-order chi connectivity index (χ0) is 26.6. The van der Waals surface area contributed by atoms with Crippen LogP contribution in [-0.2, 0) is 9.59 Å². The van der Waals surface area contributed by atoms with Crippen molar-refractivity contribution in [3.63, 3.8) is 0 Å². The van der Waals surface area contributed by atoms with Crippen molar-refractivity contribution in [1.82, 2.24) is 0 Å². The van der Waals surface area contributed by atoms with Crippen LogP contribution in [0.2, 0.25) is 0 Å². The van der Waals surface area contributed by atoms with Crippen molar-refractivity contribution in [2.24, 2.45) is 0 Å². The molecule has 186 valence electrons. The number of carbonyl (C=O) groups excluding carboxylic acids is 3. The predicted molar refractivity (Wildman–Crippen MR) is 154 cm³/mol. The summed E-state index contributed by atoms with van der Waals surface area (Å²) in [6.45, 7) is 0. The van der Waals surface area contributed by atoms with E-state index in [2.05, 4.69) is 10.6 Å². The van der Waals surface area contributed by atoms with Gasteiger partial charge in [-0.3, -0.25) is 14.4 Å². The summed E-state index contributed by atoms with van der Waals surface area (Å²) >= 11 is 0. The highest BCUT2D eigenvalue weighted by atomic mass is 16.2. The van der Waals surface area contributed by atoms with Crippen molar-refractivity contribution in [3.8, 4) is 0 Å². The summed E-state index contributed by atoms with van der Waals surface area (Å²) in [4.78, 5) is 37.3. The Morgan fingerprint density at radius 2 is 0.947 bits per heavy atom. The van der Waals surface area contributed by atoms with Crippen LogP contribution >= 0.6 is 0 Å². The molecule has 2 N–H and O–H groups in total. The fourth-order valence-electron chi connectivity index (χ4n) is 3.58. The van der Waals surface area contributed by atoms with Gasteiger partial charge in [0, 0.05) is 29.1 Å². The van der Waals surface area contributed by atoms with Crippen LogP contribution in [-0.4, -0.2) is 17.6 Å². The van der Waals surface area contributed by atoms with Crippen molar-refractivity contribution < 1.29 is 14.4 Å². The molecule has 4 rings (SSSR count). The molecule has 2 amide bonds. The second-order valence-corrected chi connectivity index (χ2v) is 8.37. The van der Waals surface area contributed by atoms with Gasteiger partial charge in [0.05, 0.1) is 0 Å². The van der Waals surface area contributed by atoms with E-state index in [0.29, 0.717) is 16.9 Å². The highest BCUT2D eigenvalue weighted by molar-refractivity contribution is 6.08. The van der Waals surface area contributed by atoms with Gasteiger partial charge in [0.1, 0.15) is 0 Å². The average molecular weight is 499 g/mol. The lowest BCUT2D eigenvalue weighted by atomic mass is 10.1. The third-order valence-electron chi connectivity index (χ3n) is 5.45. The van der Waals surface area contributed by atoms with Gasteiger partial charge in [0.2, 0.25) is 11.8 Å². The Kier molecular flexibility index (Phi) is 8.92. The fourth-order valence-corrected chi connectivity index (χ4v) is 3.58. The zero-order valence-electron chi connectivity index (χ0n) is 20.6. The average Bonchev–Trinajstić information content (AvgIpc) is 2.95. The van der Waals surface area contributed by atoms with Crippen LogP contribution in [0.15, 0.2) is 127 Å².